The van der Waals surface area contributed by atoms with Gasteiger partial charge in [0.05, 0.1) is 22.3 Å². The summed E-state index contributed by atoms with van der Waals surface area (Å²) >= 11 is 1.53. The zero-order valence-corrected chi connectivity index (χ0v) is 15.4. The lowest BCUT2D eigenvalue weighted by atomic mass is 9.95. The van der Waals surface area contributed by atoms with Crippen molar-refractivity contribution in [2.75, 3.05) is 27.2 Å². The van der Waals surface area contributed by atoms with E-state index in [9.17, 15) is 8.42 Å². The largest absolute Gasteiger partial charge is 0.281 e. The number of hydrogen-bond donors (Lipinski definition) is 0. The summed E-state index contributed by atoms with van der Waals surface area (Å²) in [4.78, 5) is 14.0. The van der Waals surface area contributed by atoms with Crippen molar-refractivity contribution in [1.29, 1.82) is 0 Å². The smallest absolute Gasteiger partial charge is 0.257 e. The molecule has 1 fully saturated rings. The van der Waals surface area contributed by atoms with Crippen molar-refractivity contribution in [2.45, 2.75) is 19.3 Å². The molecule has 0 amide bonds. The molecule has 130 valence electrons. The standard InChI is InChI=1S/C15H21N5O2S2/c1-19(2)24(21,22)20-5-3-4-12(10-20)6-13-7-18-14(8-17-13)15-9-16-11-23-15/h7-9,11-12H,3-6,10H2,1-2H3/t12-/m0/s1. The van der Waals surface area contributed by atoms with Gasteiger partial charge in [0.2, 0.25) is 0 Å². The molecule has 0 N–H and O–H groups in total. The number of piperidine rings is 1. The zero-order chi connectivity index (χ0) is 17.2. The highest BCUT2D eigenvalue weighted by Crippen LogP contribution is 2.24. The highest BCUT2D eigenvalue weighted by molar-refractivity contribution is 7.86. The Kier molecular flexibility index (Phi) is 5.24. The van der Waals surface area contributed by atoms with E-state index in [0.29, 0.717) is 13.1 Å². The summed E-state index contributed by atoms with van der Waals surface area (Å²) in [5.41, 5.74) is 3.49. The van der Waals surface area contributed by atoms with E-state index in [1.54, 1.807) is 42.5 Å². The van der Waals surface area contributed by atoms with Gasteiger partial charge in [-0.1, -0.05) is 0 Å². The predicted octanol–water partition coefficient (Wildman–Crippen LogP) is 1.66. The molecule has 0 aliphatic carbocycles. The van der Waals surface area contributed by atoms with Crippen LogP contribution in [0.2, 0.25) is 0 Å². The molecule has 9 heteroatoms. The molecular formula is C15H21N5O2S2. The number of nitrogens with zero attached hydrogens (tertiary/aromatic N) is 5. The van der Waals surface area contributed by atoms with Gasteiger partial charge >= 0.3 is 0 Å². The highest BCUT2D eigenvalue weighted by Gasteiger charge is 2.30. The Bertz CT molecular complexity index is 760. The third-order valence-electron chi connectivity index (χ3n) is 4.16. The van der Waals surface area contributed by atoms with Crippen LogP contribution in [0.4, 0.5) is 0 Å². The van der Waals surface area contributed by atoms with Crippen LogP contribution in [-0.2, 0) is 16.6 Å². The first-order valence-electron chi connectivity index (χ1n) is 7.84. The Balaban J connectivity index is 1.65. The fourth-order valence-electron chi connectivity index (χ4n) is 2.86. The van der Waals surface area contributed by atoms with Gasteiger partial charge in [0.1, 0.15) is 5.69 Å². The van der Waals surface area contributed by atoms with Gasteiger partial charge in [-0.25, -0.2) is 0 Å². The number of thiazole rings is 1. The molecule has 1 aliphatic rings. The van der Waals surface area contributed by atoms with Gasteiger partial charge in [0.15, 0.2) is 0 Å². The Morgan fingerprint density at radius 2 is 2.12 bits per heavy atom. The van der Waals surface area contributed by atoms with Crippen LogP contribution in [0.1, 0.15) is 18.5 Å². The summed E-state index contributed by atoms with van der Waals surface area (Å²) in [6.07, 6.45) is 7.96. The SMILES string of the molecule is CN(C)S(=O)(=O)N1CCC[C@@H](Cc2cnc(-c3cncs3)cn2)C1. The van der Waals surface area contributed by atoms with Crippen LogP contribution in [0.25, 0.3) is 10.6 Å². The molecule has 0 bridgehead atoms. The van der Waals surface area contributed by atoms with E-state index in [4.69, 9.17) is 0 Å². The summed E-state index contributed by atoms with van der Waals surface area (Å²) in [7, 11) is -0.192. The monoisotopic (exact) mass is 367 g/mol. The summed E-state index contributed by atoms with van der Waals surface area (Å²) in [6.45, 7) is 1.13. The Hall–Kier alpha value is -1.42. The van der Waals surface area contributed by atoms with E-state index < -0.39 is 10.2 Å². The lowest BCUT2D eigenvalue weighted by Gasteiger charge is -2.33. The third-order valence-corrected chi connectivity index (χ3v) is 6.86. The van der Waals surface area contributed by atoms with E-state index in [0.717, 1.165) is 35.5 Å². The van der Waals surface area contributed by atoms with Crippen molar-refractivity contribution in [2.24, 2.45) is 5.92 Å². The molecule has 3 heterocycles. The van der Waals surface area contributed by atoms with E-state index >= 15 is 0 Å². The first kappa shape index (κ1) is 17.4. The van der Waals surface area contributed by atoms with Gasteiger partial charge in [0, 0.05) is 39.6 Å². The molecule has 1 saturated heterocycles. The summed E-state index contributed by atoms with van der Waals surface area (Å²) in [6, 6.07) is 0. The molecular weight excluding hydrogens is 346 g/mol. The summed E-state index contributed by atoms with van der Waals surface area (Å²) in [5.74, 6) is 0.275. The second-order valence-corrected chi connectivity index (χ2v) is 9.15. The van der Waals surface area contributed by atoms with Crippen LogP contribution < -0.4 is 0 Å². The normalized spacial score (nSPS) is 19.7. The summed E-state index contributed by atoms with van der Waals surface area (Å²) in [5, 5.41) is 0. The van der Waals surface area contributed by atoms with Crippen molar-refractivity contribution in [3.63, 3.8) is 0 Å². The van der Waals surface area contributed by atoms with Gasteiger partial charge < -0.3 is 0 Å². The van der Waals surface area contributed by atoms with Crippen molar-refractivity contribution in [3.8, 4) is 10.6 Å². The van der Waals surface area contributed by atoms with Crippen LogP contribution in [-0.4, -0.2) is 59.2 Å². The molecule has 0 spiro atoms. The maximum atomic E-state index is 12.3. The average molecular weight is 368 g/mol. The molecule has 0 radical (unpaired) electrons. The minimum absolute atomic E-state index is 0.275. The van der Waals surface area contributed by atoms with Crippen LogP contribution in [0.5, 0.6) is 0 Å². The molecule has 0 saturated carbocycles. The minimum Gasteiger partial charge on any atom is -0.257 e. The summed E-state index contributed by atoms with van der Waals surface area (Å²) < 4.78 is 27.4. The molecule has 0 aromatic carbocycles. The molecule has 2 aromatic heterocycles. The van der Waals surface area contributed by atoms with E-state index in [2.05, 4.69) is 15.0 Å². The van der Waals surface area contributed by atoms with Gasteiger partial charge in [-0.15, -0.1) is 11.3 Å². The highest BCUT2D eigenvalue weighted by atomic mass is 32.2. The molecule has 0 unspecified atom stereocenters. The van der Waals surface area contributed by atoms with Crippen molar-refractivity contribution in [3.05, 3.63) is 29.8 Å². The maximum absolute atomic E-state index is 12.3. The quantitative estimate of drug-likeness (QED) is 0.803. The minimum atomic E-state index is -3.34. The van der Waals surface area contributed by atoms with Gasteiger partial charge in [-0.05, 0) is 25.2 Å². The van der Waals surface area contributed by atoms with E-state index in [1.807, 2.05) is 0 Å². The molecule has 24 heavy (non-hydrogen) atoms. The van der Waals surface area contributed by atoms with Crippen LogP contribution in [0, 0.1) is 5.92 Å². The fraction of sp³-hybridized carbons (Fsp3) is 0.533. The number of aromatic nitrogens is 3. The van der Waals surface area contributed by atoms with Crippen molar-refractivity contribution in [1.82, 2.24) is 23.6 Å². The topological polar surface area (TPSA) is 79.3 Å². The Morgan fingerprint density at radius 1 is 1.29 bits per heavy atom. The lowest BCUT2D eigenvalue weighted by Crippen LogP contribution is -2.45. The molecule has 2 aromatic rings. The first-order valence-corrected chi connectivity index (χ1v) is 10.1. The average Bonchev–Trinajstić information content (AvgIpc) is 3.10. The molecule has 3 rings (SSSR count). The molecule has 1 atom stereocenters. The lowest BCUT2D eigenvalue weighted by molar-refractivity contribution is 0.253. The van der Waals surface area contributed by atoms with Gasteiger partial charge in [0.25, 0.3) is 10.2 Å². The van der Waals surface area contributed by atoms with Gasteiger partial charge in [-0.3, -0.25) is 15.0 Å². The molecule has 1 aliphatic heterocycles. The Labute approximate surface area is 146 Å². The van der Waals surface area contributed by atoms with Crippen molar-refractivity contribution < 1.29 is 8.42 Å². The number of hydrogen-bond acceptors (Lipinski definition) is 6. The van der Waals surface area contributed by atoms with E-state index in [1.165, 1.54) is 15.6 Å². The third kappa shape index (κ3) is 3.80. The second kappa shape index (κ2) is 7.22. The van der Waals surface area contributed by atoms with Crippen LogP contribution in [0.3, 0.4) is 0 Å². The first-order chi connectivity index (χ1) is 11.5. The van der Waals surface area contributed by atoms with Gasteiger partial charge in [-0.2, -0.15) is 17.0 Å². The van der Waals surface area contributed by atoms with Crippen molar-refractivity contribution >= 4 is 21.5 Å². The van der Waals surface area contributed by atoms with Crippen LogP contribution >= 0.6 is 11.3 Å². The molecule has 7 nitrogen and oxygen atoms in total. The number of rotatable bonds is 5. The maximum Gasteiger partial charge on any atom is 0.281 e. The second-order valence-electron chi connectivity index (χ2n) is 6.12. The van der Waals surface area contributed by atoms with E-state index in [-0.39, 0.29) is 5.92 Å². The zero-order valence-electron chi connectivity index (χ0n) is 13.8. The predicted molar refractivity (Wildman–Crippen MR) is 93.7 cm³/mol. The Morgan fingerprint density at radius 3 is 2.75 bits per heavy atom. The van der Waals surface area contributed by atoms with Crippen LogP contribution in [0.15, 0.2) is 24.1 Å². The fourth-order valence-corrected chi connectivity index (χ4v) is 4.66.